The van der Waals surface area contributed by atoms with Gasteiger partial charge in [-0.1, -0.05) is 18.2 Å². The quantitative estimate of drug-likeness (QED) is 0.851. The zero-order chi connectivity index (χ0) is 13.9. The molecule has 1 fully saturated rings. The minimum absolute atomic E-state index is 0.0589. The van der Waals surface area contributed by atoms with Crippen LogP contribution in [0.15, 0.2) is 53.2 Å². The van der Waals surface area contributed by atoms with Gasteiger partial charge >= 0.3 is 6.03 Å². The zero-order valence-corrected chi connectivity index (χ0v) is 10.6. The predicted octanol–water partition coefficient (Wildman–Crippen LogP) is 1.63. The lowest BCUT2D eigenvalue weighted by Gasteiger charge is -2.10. The molecule has 5 nitrogen and oxygen atoms in total. The number of benzene rings is 1. The summed E-state index contributed by atoms with van der Waals surface area (Å²) in [6, 6.07) is 9.19. The van der Waals surface area contributed by atoms with Gasteiger partial charge in [-0.3, -0.25) is 4.99 Å². The highest BCUT2D eigenvalue weighted by Gasteiger charge is 2.25. The number of aliphatic imine (C=N–C) groups is 1. The Bertz CT molecular complexity index is 677. The van der Waals surface area contributed by atoms with Gasteiger partial charge in [0.15, 0.2) is 0 Å². The first-order valence-electron chi connectivity index (χ1n) is 6.25. The van der Waals surface area contributed by atoms with Crippen LogP contribution in [-0.4, -0.2) is 17.8 Å². The minimum atomic E-state index is -0.181. The van der Waals surface area contributed by atoms with E-state index in [1.807, 2.05) is 30.4 Å². The van der Waals surface area contributed by atoms with Crippen molar-refractivity contribution >= 4 is 11.7 Å². The Morgan fingerprint density at radius 1 is 1.30 bits per heavy atom. The number of allylic oxidation sites excluding steroid dienone is 2. The van der Waals surface area contributed by atoms with Crippen molar-refractivity contribution in [3.8, 4) is 6.07 Å². The molecule has 2 N–H and O–H groups in total. The lowest BCUT2D eigenvalue weighted by molar-refractivity contribution is 0.248. The van der Waals surface area contributed by atoms with E-state index in [0.29, 0.717) is 12.1 Å². The normalized spacial score (nSPS) is 21.8. The van der Waals surface area contributed by atoms with Crippen LogP contribution >= 0.6 is 0 Å². The van der Waals surface area contributed by atoms with Gasteiger partial charge in [-0.25, -0.2) is 4.79 Å². The predicted molar refractivity (Wildman–Crippen MR) is 75.0 cm³/mol. The van der Waals surface area contributed by atoms with Crippen LogP contribution in [0.2, 0.25) is 0 Å². The van der Waals surface area contributed by atoms with Crippen LogP contribution in [0.3, 0.4) is 0 Å². The maximum atomic E-state index is 11.2. The second-order valence-electron chi connectivity index (χ2n) is 4.58. The molecule has 98 valence electrons. The molecule has 3 rings (SSSR count). The van der Waals surface area contributed by atoms with Crippen molar-refractivity contribution in [2.75, 3.05) is 0 Å². The highest BCUT2D eigenvalue weighted by atomic mass is 16.2. The Morgan fingerprint density at radius 3 is 2.85 bits per heavy atom. The zero-order valence-electron chi connectivity index (χ0n) is 10.6. The van der Waals surface area contributed by atoms with Gasteiger partial charge in [0.2, 0.25) is 0 Å². The van der Waals surface area contributed by atoms with Crippen LogP contribution in [0.4, 0.5) is 4.79 Å². The fourth-order valence-corrected chi connectivity index (χ4v) is 2.11. The number of nitrogens with one attached hydrogen (secondary N) is 2. The van der Waals surface area contributed by atoms with Crippen LogP contribution < -0.4 is 10.6 Å². The summed E-state index contributed by atoms with van der Waals surface area (Å²) in [5, 5.41) is 14.2. The first-order chi connectivity index (χ1) is 9.74. The molecule has 0 radical (unpaired) electrons. The van der Waals surface area contributed by atoms with Crippen molar-refractivity contribution in [1.29, 1.82) is 5.26 Å². The van der Waals surface area contributed by atoms with Crippen LogP contribution in [0.25, 0.3) is 0 Å². The second kappa shape index (κ2) is 5.02. The maximum Gasteiger partial charge on any atom is 0.319 e. The fourth-order valence-electron chi connectivity index (χ4n) is 2.11. The first-order valence-corrected chi connectivity index (χ1v) is 6.25. The highest BCUT2D eigenvalue weighted by molar-refractivity contribution is 6.06. The van der Waals surface area contributed by atoms with Crippen molar-refractivity contribution < 1.29 is 4.79 Å². The molecule has 0 saturated carbocycles. The Balaban J connectivity index is 1.72. The van der Waals surface area contributed by atoms with Gasteiger partial charge in [-0.2, -0.15) is 5.26 Å². The number of rotatable bonds is 2. The van der Waals surface area contributed by atoms with E-state index in [1.54, 1.807) is 12.1 Å². The number of carbonyl (C=O) groups is 1. The summed E-state index contributed by atoms with van der Waals surface area (Å²) in [7, 11) is 0. The largest absolute Gasteiger partial charge is 0.326 e. The molecule has 5 heteroatoms. The maximum absolute atomic E-state index is 11.2. The summed E-state index contributed by atoms with van der Waals surface area (Å²) in [6.07, 6.45) is 5.67. The van der Waals surface area contributed by atoms with Crippen molar-refractivity contribution in [3.05, 3.63) is 59.3 Å². The number of amides is 2. The molecule has 1 aromatic carbocycles. The summed E-state index contributed by atoms with van der Waals surface area (Å²) >= 11 is 0. The lowest BCUT2D eigenvalue weighted by atomic mass is 10.1. The third kappa shape index (κ3) is 2.45. The average molecular weight is 264 g/mol. The van der Waals surface area contributed by atoms with E-state index in [1.165, 1.54) is 0 Å². The van der Waals surface area contributed by atoms with E-state index in [9.17, 15) is 4.79 Å². The van der Waals surface area contributed by atoms with Crippen LogP contribution in [0.1, 0.15) is 11.1 Å². The Kier molecular flexibility index (Phi) is 3.05. The summed E-state index contributed by atoms with van der Waals surface area (Å²) in [5.41, 5.74) is 3.34. The van der Waals surface area contributed by atoms with Gasteiger partial charge in [0.1, 0.15) is 0 Å². The number of nitriles is 1. The third-order valence-corrected chi connectivity index (χ3v) is 3.17. The standard InChI is InChI=1S/C15H12N4O/c16-8-10-1-3-11(4-2-10)9-17-12-5-6-13-14(7-12)19-15(20)18-13/h1-7,13H,9H2,(H2,18,19,20). The second-order valence-corrected chi connectivity index (χ2v) is 4.58. The molecule has 1 aromatic rings. The topological polar surface area (TPSA) is 77.3 Å². The van der Waals surface area contributed by atoms with E-state index in [0.717, 1.165) is 17.0 Å². The molecular weight excluding hydrogens is 252 g/mol. The Labute approximate surface area is 116 Å². The molecule has 2 aliphatic rings. The van der Waals surface area contributed by atoms with Crippen LogP contribution in [0, 0.1) is 11.3 Å². The summed E-state index contributed by atoms with van der Waals surface area (Å²) < 4.78 is 0. The van der Waals surface area contributed by atoms with Gasteiger partial charge in [0.05, 0.1) is 29.9 Å². The van der Waals surface area contributed by atoms with E-state index in [4.69, 9.17) is 5.26 Å². The lowest BCUT2D eigenvalue weighted by Crippen LogP contribution is -2.25. The van der Waals surface area contributed by atoms with Gasteiger partial charge in [-0.15, -0.1) is 0 Å². The number of fused-ring (bicyclic) bond motifs is 1. The van der Waals surface area contributed by atoms with Gasteiger partial charge in [0, 0.05) is 5.70 Å². The molecule has 20 heavy (non-hydrogen) atoms. The number of carbonyl (C=O) groups excluding carboxylic acids is 1. The minimum Gasteiger partial charge on any atom is -0.326 e. The monoisotopic (exact) mass is 264 g/mol. The van der Waals surface area contributed by atoms with E-state index < -0.39 is 0 Å². The molecule has 1 aliphatic heterocycles. The molecule has 1 saturated heterocycles. The SMILES string of the molecule is N#Cc1ccc(CN=C2C=CC3NC(=O)NC3=C2)cc1. The van der Waals surface area contributed by atoms with E-state index in [-0.39, 0.29) is 12.1 Å². The van der Waals surface area contributed by atoms with E-state index in [2.05, 4.69) is 21.7 Å². The van der Waals surface area contributed by atoms with Crippen molar-refractivity contribution in [3.63, 3.8) is 0 Å². The Morgan fingerprint density at radius 2 is 2.10 bits per heavy atom. The molecule has 2 amide bonds. The third-order valence-electron chi connectivity index (χ3n) is 3.17. The van der Waals surface area contributed by atoms with Gasteiger partial charge < -0.3 is 10.6 Å². The van der Waals surface area contributed by atoms with Gasteiger partial charge in [0.25, 0.3) is 0 Å². The van der Waals surface area contributed by atoms with Crippen molar-refractivity contribution in [1.82, 2.24) is 10.6 Å². The molecule has 1 aliphatic carbocycles. The number of hydrogen-bond acceptors (Lipinski definition) is 3. The van der Waals surface area contributed by atoms with Crippen molar-refractivity contribution in [2.24, 2.45) is 4.99 Å². The molecule has 0 aromatic heterocycles. The molecule has 0 spiro atoms. The molecule has 1 unspecified atom stereocenters. The van der Waals surface area contributed by atoms with Crippen LogP contribution in [0.5, 0.6) is 0 Å². The average Bonchev–Trinajstić information content (AvgIpc) is 2.85. The Hall–Kier alpha value is -2.87. The van der Waals surface area contributed by atoms with Crippen molar-refractivity contribution in [2.45, 2.75) is 12.6 Å². The molecule has 1 heterocycles. The molecule has 0 bridgehead atoms. The number of hydrogen-bond donors (Lipinski definition) is 2. The number of nitrogens with zero attached hydrogens (tertiary/aromatic N) is 2. The fraction of sp³-hybridized carbons (Fsp3) is 0.133. The van der Waals surface area contributed by atoms with E-state index >= 15 is 0 Å². The number of urea groups is 1. The summed E-state index contributed by atoms with van der Waals surface area (Å²) in [4.78, 5) is 15.7. The highest BCUT2D eigenvalue weighted by Crippen LogP contribution is 2.13. The summed E-state index contributed by atoms with van der Waals surface area (Å²) in [6.45, 7) is 0.543. The van der Waals surface area contributed by atoms with Gasteiger partial charge in [-0.05, 0) is 29.8 Å². The van der Waals surface area contributed by atoms with Crippen LogP contribution in [-0.2, 0) is 6.54 Å². The molecular formula is C15H12N4O. The molecule has 1 atom stereocenters. The first kappa shape index (κ1) is 12.2. The summed E-state index contributed by atoms with van der Waals surface area (Å²) in [5.74, 6) is 0. The smallest absolute Gasteiger partial charge is 0.319 e.